The Kier molecular flexibility index (Phi) is 7.36. The highest BCUT2D eigenvalue weighted by Gasteiger charge is 2.24. The summed E-state index contributed by atoms with van der Waals surface area (Å²) in [4.78, 5) is 29.8. The van der Waals surface area contributed by atoms with Gasteiger partial charge in [-0.3, -0.25) is 9.36 Å². The van der Waals surface area contributed by atoms with Gasteiger partial charge in [-0.1, -0.05) is 11.8 Å². The molecule has 1 aliphatic carbocycles. The fourth-order valence-corrected chi connectivity index (χ4v) is 5.15. The first-order valence-electron chi connectivity index (χ1n) is 11.0. The maximum absolute atomic E-state index is 12.8. The Labute approximate surface area is 191 Å². The summed E-state index contributed by atoms with van der Waals surface area (Å²) in [6, 6.07) is 5.22. The molecule has 1 aromatic carbocycles. The van der Waals surface area contributed by atoms with Crippen LogP contribution >= 0.6 is 11.8 Å². The number of rotatable bonds is 8. The maximum Gasteiger partial charge on any atom is 0.348 e. The largest absolute Gasteiger partial charge is 0.497 e. The zero-order valence-corrected chi connectivity index (χ0v) is 19.3. The summed E-state index contributed by atoms with van der Waals surface area (Å²) < 4.78 is 18.1. The van der Waals surface area contributed by atoms with Gasteiger partial charge in [-0.2, -0.15) is 4.98 Å². The van der Waals surface area contributed by atoms with Crippen LogP contribution in [0, 0.1) is 0 Å². The van der Waals surface area contributed by atoms with Crippen molar-refractivity contribution in [3.8, 4) is 11.5 Å². The van der Waals surface area contributed by atoms with Crippen molar-refractivity contribution in [1.29, 1.82) is 0 Å². The third-order valence-electron chi connectivity index (χ3n) is 5.88. The highest BCUT2D eigenvalue weighted by molar-refractivity contribution is 8.00. The number of hydrogen-bond donors (Lipinski definition) is 1. The number of nitrogens with one attached hydrogen (secondary N) is 1. The van der Waals surface area contributed by atoms with Crippen LogP contribution < -0.4 is 20.5 Å². The van der Waals surface area contributed by atoms with Crippen LogP contribution in [0.25, 0.3) is 0 Å². The average molecular weight is 460 g/mol. The third kappa shape index (κ3) is 5.10. The second kappa shape index (κ2) is 10.4. The fourth-order valence-electron chi connectivity index (χ4n) is 4.27. The molecule has 2 heterocycles. The molecule has 1 unspecified atom stereocenters. The minimum Gasteiger partial charge on any atom is -0.497 e. The van der Waals surface area contributed by atoms with E-state index >= 15 is 0 Å². The van der Waals surface area contributed by atoms with Crippen LogP contribution in [-0.4, -0.2) is 48.1 Å². The van der Waals surface area contributed by atoms with Crippen molar-refractivity contribution in [3.05, 3.63) is 39.9 Å². The van der Waals surface area contributed by atoms with Crippen LogP contribution in [0.15, 0.2) is 28.0 Å². The summed E-state index contributed by atoms with van der Waals surface area (Å²) in [6.45, 7) is 1.33. The van der Waals surface area contributed by atoms with Crippen LogP contribution in [0.2, 0.25) is 0 Å². The zero-order chi connectivity index (χ0) is 22.5. The Bertz CT molecular complexity index is 1030. The van der Waals surface area contributed by atoms with Crippen molar-refractivity contribution in [2.75, 3.05) is 31.9 Å². The van der Waals surface area contributed by atoms with Crippen LogP contribution in [0.1, 0.15) is 36.9 Å². The standard InChI is InChI=1S/C23H29N3O5S/c1-29-15-9-10-18(20(12-15)30-2)24-21(27)14-32-22-17-7-3-4-8-19(17)26(23(28)25-22)13-16-6-5-11-31-16/h9-10,12,16H,3-8,11,13-14H2,1-2H3,(H,24,27). The Hall–Kier alpha value is -2.52. The summed E-state index contributed by atoms with van der Waals surface area (Å²) in [5.74, 6) is 1.14. The van der Waals surface area contributed by atoms with E-state index in [-0.39, 0.29) is 23.5 Å². The number of thioether (sulfide) groups is 1. The Morgan fingerprint density at radius 1 is 1.25 bits per heavy atom. The van der Waals surface area contributed by atoms with Crippen molar-refractivity contribution in [2.45, 2.75) is 56.2 Å². The van der Waals surface area contributed by atoms with Crippen LogP contribution in [0.5, 0.6) is 11.5 Å². The molecule has 4 rings (SSSR count). The molecule has 1 aliphatic heterocycles. The Morgan fingerprint density at radius 3 is 2.84 bits per heavy atom. The average Bonchev–Trinajstić information content (AvgIpc) is 3.33. The minimum absolute atomic E-state index is 0.0873. The number of methoxy groups -OCH3 is 2. The third-order valence-corrected chi connectivity index (χ3v) is 6.90. The quantitative estimate of drug-likeness (QED) is 0.479. The molecule has 0 radical (unpaired) electrons. The summed E-state index contributed by atoms with van der Waals surface area (Å²) in [7, 11) is 3.12. The lowest BCUT2D eigenvalue weighted by Gasteiger charge is -2.24. The molecule has 1 fully saturated rings. The molecule has 172 valence electrons. The monoisotopic (exact) mass is 459 g/mol. The summed E-state index contributed by atoms with van der Waals surface area (Å²) in [5, 5.41) is 3.54. The maximum atomic E-state index is 12.8. The first-order chi connectivity index (χ1) is 15.6. The topological polar surface area (TPSA) is 91.7 Å². The molecule has 0 spiro atoms. The summed E-state index contributed by atoms with van der Waals surface area (Å²) in [6.07, 6.45) is 5.97. The number of nitrogens with zero attached hydrogens (tertiary/aromatic N) is 2. The van der Waals surface area contributed by atoms with Gasteiger partial charge in [-0.15, -0.1) is 0 Å². The zero-order valence-electron chi connectivity index (χ0n) is 18.5. The predicted molar refractivity (Wildman–Crippen MR) is 123 cm³/mol. The second-order valence-corrected chi connectivity index (χ2v) is 8.94. The number of anilines is 1. The van der Waals surface area contributed by atoms with Gasteiger partial charge >= 0.3 is 5.69 Å². The lowest BCUT2D eigenvalue weighted by atomic mass is 9.97. The number of fused-ring (bicyclic) bond motifs is 1. The number of ether oxygens (including phenoxy) is 3. The molecule has 8 nitrogen and oxygen atoms in total. The van der Waals surface area contributed by atoms with Gasteiger partial charge in [0.05, 0.1) is 38.3 Å². The van der Waals surface area contributed by atoms with E-state index in [1.807, 2.05) is 0 Å². The molecule has 0 bridgehead atoms. The van der Waals surface area contributed by atoms with E-state index in [9.17, 15) is 9.59 Å². The first-order valence-corrected chi connectivity index (χ1v) is 12.0. The van der Waals surface area contributed by atoms with Gasteiger partial charge in [0.2, 0.25) is 5.91 Å². The van der Waals surface area contributed by atoms with Crippen LogP contribution in [0.4, 0.5) is 5.69 Å². The van der Waals surface area contributed by atoms with Gasteiger partial charge < -0.3 is 19.5 Å². The molecule has 2 aliphatic rings. The van der Waals surface area contributed by atoms with Crippen molar-refractivity contribution in [1.82, 2.24) is 9.55 Å². The molecule has 1 saturated heterocycles. The smallest absolute Gasteiger partial charge is 0.348 e. The normalized spacial score (nSPS) is 17.6. The lowest BCUT2D eigenvalue weighted by Crippen LogP contribution is -2.34. The number of amides is 1. The van der Waals surface area contributed by atoms with E-state index in [0.29, 0.717) is 28.8 Å². The van der Waals surface area contributed by atoms with E-state index < -0.39 is 0 Å². The fraction of sp³-hybridized carbons (Fsp3) is 0.522. The second-order valence-electron chi connectivity index (χ2n) is 7.98. The van der Waals surface area contributed by atoms with Crippen molar-refractivity contribution >= 4 is 23.4 Å². The van der Waals surface area contributed by atoms with Gasteiger partial charge in [0, 0.05) is 23.9 Å². The van der Waals surface area contributed by atoms with Crippen molar-refractivity contribution in [3.63, 3.8) is 0 Å². The summed E-state index contributed by atoms with van der Waals surface area (Å²) >= 11 is 1.32. The van der Waals surface area contributed by atoms with E-state index in [1.165, 1.54) is 11.8 Å². The Balaban J connectivity index is 1.48. The lowest BCUT2D eigenvalue weighted by molar-refractivity contribution is -0.113. The molecule has 1 aromatic heterocycles. The molecule has 1 atom stereocenters. The van der Waals surface area contributed by atoms with Gasteiger partial charge in [-0.25, -0.2) is 4.79 Å². The summed E-state index contributed by atoms with van der Waals surface area (Å²) in [5.41, 5.74) is 2.49. The number of carbonyl (C=O) groups excluding carboxylic acids is 1. The molecule has 0 saturated carbocycles. The molecular formula is C23H29N3O5S. The molecule has 1 amide bonds. The molecule has 1 N–H and O–H groups in total. The van der Waals surface area contributed by atoms with Gasteiger partial charge in [0.1, 0.15) is 16.5 Å². The Morgan fingerprint density at radius 2 is 2.09 bits per heavy atom. The first kappa shape index (κ1) is 22.7. The number of carbonyl (C=O) groups is 1. The van der Waals surface area contributed by atoms with E-state index in [0.717, 1.165) is 56.4 Å². The molecule has 32 heavy (non-hydrogen) atoms. The molecule has 9 heteroatoms. The molecular weight excluding hydrogens is 430 g/mol. The highest BCUT2D eigenvalue weighted by Crippen LogP contribution is 2.31. The molecule has 2 aromatic rings. The minimum atomic E-state index is -0.249. The van der Waals surface area contributed by atoms with Crippen LogP contribution in [0.3, 0.4) is 0 Å². The van der Waals surface area contributed by atoms with Gasteiger partial charge in [0.25, 0.3) is 0 Å². The highest BCUT2D eigenvalue weighted by atomic mass is 32.2. The number of aromatic nitrogens is 2. The number of hydrogen-bond acceptors (Lipinski definition) is 7. The number of benzene rings is 1. The van der Waals surface area contributed by atoms with Gasteiger partial charge in [-0.05, 0) is 50.7 Å². The van der Waals surface area contributed by atoms with Crippen LogP contribution in [-0.2, 0) is 28.9 Å². The van der Waals surface area contributed by atoms with Gasteiger partial charge in [0.15, 0.2) is 0 Å². The SMILES string of the molecule is COc1ccc(NC(=O)CSc2nc(=O)n(CC3CCCO3)c3c2CCCC3)c(OC)c1. The van der Waals surface area contributed by atoms with Crippen molar-refractivity contribution in [2.24, 2.45) is 0 Å². The van der Waals surface area contributed by atoms with E-state index in [2.05, 4.69) is 10.3 Å². The van der Waals surface area contributed by atoms with E-state index in [1.54, 1.807) is 37.0 Å². The van der Waals surface area contributed by atoms with Crippen molar-refractivity contribution < 1.29 is 19.0 Å². The van der Waals surface area contributed by atoms with E-state index in [4.69, 9.17) is 14.2 Å². The predicted octanol–water partition coefficient (Wildman–Crippen LogP) is 3.05.